The van der Waals surface area contributed by atoms with Crippen molar-refractivity contribution in [1.29, 1.82) is 0 Å². The third-order valence-electron chi connectivity index (χ3n) is 5.03. The number of hydrogen-bond donors (Lipinski definition) is 1. The molecule has 9 heteroatoms. The van der Waals surface area contributed by atoms with Crippen LogP contribution in [0.5, 0.6) is 0 Å². The van der Waals surface area contributed by atoms with E-state index in [2.05, 4.69) is 5.32 Å². The summed E-state index contributed by atoms with van der Waals surface area (Å²) in [5.74, 6) is -2.23. The number of amides is 3. The van der Waals surface area contributed by atoms with Crippen molar-refractivity contribution in [2.24, 2.45) is 5.92 Å². The molecule has 1 aliphatic carbocycles. The van der Waals surface area contributed by atoms with Crippen LogP contribution in [0.1, 0.15) is 32.9 Å². The maximum Gasteiger partial charge on any atom is 0.264 e. The van der Waals surface area contributed by atoms with Crippen molar-refractivity contribution in [1.82, 2.24) is 9.80 Å². The summed E-state index contributed by atoms with van der Waals surface area (Å²) in [6.07, 6.45) is 1.82. The average molecular weight is 419 g/mol. The Hall–Kier alpha value is -2.81. The minimum Gasteiger partial charge on any atom is -0.335 e. The van der Waals surface area contributed by atoms with Gasteiger partial charge in [0.15, 0.2) is 0 Å². The molecule has 0 spiro atoms. The molecule has 2 aliphatic rings. The van der Waals surface area contributed by atoms with Gasteiger partial charge in [0.1, 0.15) is 11.6 Å². The Morgan fingerprint density at radius 3 is 2.21 bits per heavy atom. The van der Waals surface area contributed by atoms with Crippen molar-refractivity contribution in [2.45, 2.75) is 12.8 Å². The maximum atomic E-state index is 13.8. The summed E-state index contributed by atoms with van der Waals surface area (Å²) < 4.78 is 26.9. The van der Waals surface area contributed by atoms with Gasteiger partial charge in [-0.1, -0.05) is 0 Å². The fraction of sp³-hybridized carbons (Fsp3) is 0.350. The monoisotopic (exact) mass is 419 g/mol. The van der Waals surface area contributed by atoms with E-state index in [0.717, 1.165) is 25.0 Å². The summed E-state index contributed by atoms with van der Waals surface area (Å²) in [5, 5.41) is 3.47. The van der Waals surface area contributed by atoms with Gasteiger partial charge in [-0.15, -0.1) is 11.3 Å². The van der Waals surface area contributed by atoms with Gasteiger partial charge in [0, 0.05) is 38.2 Å². The lowest BCUT2D eigenvalue weighted by molar-refractivity contribution is -0.117. The van der Waals surface area contributed by atoms with Crippen molar-refractivity contribution in [3.8, 4) is 0 Å². The number of thiophene rings is 1. The third kappa shape index (κ3) is 4.29. The fourth-order valence-electron chi connectivity index (χ4n) is 3.19. The predicted molar refractivity (Wildman–Crippen MR) is 104 cm³/mol. The van der Waals surface area contributed by atoms with E-state index in [4.69, 9.17) is 0 Å². The van der Waals surface area contributed by atoms with Crippen LogP contribution in [0.2, 0.25) is 0 Å². The number of benzene rings is 1. The van der Waals surface area contributed by atoms with Crippen LogP contribution < -0.4 is 5.32 Å². The number of piperazine rings is 1. The smallest absolute Gasteiger partial charge is 0.264 e. The largest absolute Gasteiger partial charge is 0.335 e. The Morgan fingerprint density at radius 1 is 0.931 bits per heavy atom. The molecule has 1 aromatic heterocycles. The molecule has 2 aromatic rings. The van der Waals surface area contributed by atoms with Gasteiger partial charge >= 0.3 is 0 Å². The first-order valence-corrected chi connectivity index (χ1v) is 10.2. The van der Waals surface area contributed by atoms with E-state index < -0.39 is 17.5 Å². The predicted octanol–water partition coefficient (Wildman–Crippen LogP) is 2.97. The molecule has 1 aromatic carbocycles. The van der Waals surface area contributed by atoms with Crippen LogP contribution in [-0.2, 0) is 4.79 Å². The summed E-state index contributed by atoms with van der Waals surface area (Å²) in [6.45, 7) is 1.15. The van der Waals surface area contributed by atoms with Gasteiger partial charge in [-0.3, -0.25) is 14.4 Å². The van der Waals surface area contributed by atoms with Crippen molar-refractivity contribution in [2.75, 3.05) is 31.5 Å². The Bertz CT molecular complexity index is 966. The van der Waals surface area contributed by atoms with Gasteiger partial charge in [-0.2, -0.15) is 0 Å². The van der Waals surface area contributed by atoms with E-state index in [0.29, 0.717) is 29.0 Å². The van der Waals surface area contributed by atoms with Crippen LogP contribution in [0.4, 0.5) is 13.8 Å². The van der Waals surface area contributed by atoms with E-state index in [1.54, 1.807) is 17.0 Å². The zero-order valence-corrected chi connectivity index (χ0v) is 16.3. The molecule has 1 aliphatic heterocycles. The summed E-state index contributed by atoms with van der Waals surface area (Å²) in [4.78, 5) is 40.6. The molecule has 6 nitrogen and oxygen atoms in total. The second-order valence-electron chi connectivity index (χ2n) is 7.14. The summed E-state index contributed by atoms with van der Waals surface area (Å²) >= 11 is 1.23. The molecular formula is C20H19F2N3O3S. The third-order valence-corrected chi connectivity index (χ3v) is 6.02. The lowest BCUT2D eigenvalue weighted by atomic mass is 10.1. The maximum absolute atomic E-state index is 13.8. The van der Waals surface area contributed by atoms with Crippen LogP contribution >= 0.6 is 11.3 Å². The number of anilines is 1. The number of nitrogens with zero attached hydrogens (tertiary/aromatic N) is 2. The first kappa shape index (κ1) is 19.5. The van der Waals surface area contributed by atoms with Crippen molar-refractivity contribution in [3.63, 3.8) is 0 Å². The molecule has 1 saturated heterocycles. The number of halogens is 2. The van der Waals surface area contributed by atoms with E-state index in [1.165, 1.54) is 16.2 Å². The highest BCUT2D eigenvalue weighted by Crippen LogP contribution is 2.32. The molecule has 1 N–H and O–H groups in total. The number of carbonyl (C=O) groups excluding carboxylic acids is 3. The van der Waals surface area contributed by atoms with E-state index >= 15 is 0 Å². The first-order chi connectivity index (χ1) is 13.9. The Kier molecular flexibility index (Phi) is 5.31. The molecule has 1 saturated carbocycles. The average Bonchev–Trinajstić information content (AvgIpc) is 3.47. The standard InChI is InChI=1S/C20H19F2N3O3S/c21-13-3-4-14(15(22)11-13)19(27)24-7-9-25(10-8-24)20(28)16-5-6-17(29-16)23-18(26)12-1-2-12/h3-6,11-12H,1-2,7-10H2,(H,23,26). The minimum atomic E-state index is -0.895. The van der Waals surface area contributed by atoms with E-state index in [-0.39, 0.29) is 36.4 Å². The van der Waals surface area contributed by atoms with E-state index in [9.17, 15) is 23.2 Å². The normalized spacial score (nSPS) is 16.6. The summed E-state index contributed by atoms with van der Waals surface area (Å²) in [7, 11) is 0. The molecule has 2 heterocycles. The Morgan fingerprint density at radius 2 is 1.59 bits per heavy atom. The van der Waals surface area contributed by atoms with Crippen molar-refractivity contribution < 1.29 is 23.2 Å². The fourth-order valence-corrected chi connectivity index (χ4v) is 4.07. The Balaban J connectivity index is 1.34. The number of carbonyl (C=O) groups is 3. The second kappa shape index (κ2) is 7.90. The lowest BCUT2D eigenvalue weighted by Gasteiger charge is -2.34. The topological polar surface area (TPSA) is 69.7 Å². The van der Waals surface area contributed by atoms with Crippen LogP contribution in [0.25, 0.3) is 0 Å². The highest BCUT2D eigenvalue weighted by Gasteiger charge is 2.30. The van der Waals surface area contributed by atoms with Gasteiger partial charge in [0.25, 0.3) is 11.8 Å². The first-order valence-electron chi connectivity index (χ1n) is 9.36. The van der Waals surface area contributed by atoms with Crippen LogP contribution in [-0.4, -0.2) is 53.7 Å². The van der Waals surface area contributed by atoms with Crippen LogP contribution in [0.15, 0.2) is 30.3 Å². The number of rotatable bonds is 4. The van der Waals surface area contributed by atoms with Crippen molar-refractivity contribution >= 4 is 34.1 Å². The zero-order valence-electron chi connectivity index (χ0n) is 15.5. The van der Waals surface area contributed by atoms with Gasteiger partial charge in [0.05, 0.1) is 15.4 Å². The van der Waals surface area contributed by atoms with Crippen LogP contribution in [0.3, 0.4) is 0 Å². The van der Waals surface area contributed by atoms with Crippen LogP contribution in [0, 0.1) is 17.6 Å². The SMILES string of the molecule is O=C(Nc1ccc(C(=O)N2CCN(C(=O)c3ccc(F)cc3F)CC2)s1)C1CC1. The molecule has 0 atom stereocenters. The zero-order chi connectivity index (χ0) is 20.5. The van der Waals surface area contributed by atoms with Gasteiger partial charge in [0.2, 0.25) is 5.91 Å². The number of nitrogens with one attached hydrogen (secondary N) is 1. The lowest BCUT2D eigenvalue weighted by Crippen LogP contribution is -2.50. The molecular weight excluding hydrogens is 400 g/mol. The second-order valence-corrected chi connectivity index (χ2v) is 8.22. The summed E-state index contributed by atoms with van der Waals surface area (Å²) in [6, 6.07) is 6.26. The molecule has 0 radical (unpaired) electrons. The molecule has 3 amide bonds. The quantitative estimate of drug-likeness (QED) is 0.829. The molecule has 0 bridgehead atoms. The Labute approximate surface area is 170 Å². The highest BCUT2D eigenvalue weighted by atomic mass is 32.1. The minimum absolute atomic E-state index is 0.00833. The van der Waals surface area contributed by atoms with Gasteiger partial charge in [-0.05, 0) is 37.1 Å². The molecule has 29 heavy (non-hydrogen) atoms. The molecule has 2 fully saturated rings. The molecule has 0 unspecified atom stereocenters. The highest BCUT2D eigenvalue weighted by molar-refractivity contribution is 7.18. The summed E-state index contributed by atoms with van der Waals surface area (Å²) in [5.41, 5.74) is -0.180. The van der Waals surface area contributed by atoms with Gasteiger partial charge in [-0.25, -0.2) is 8.78 Å². The number of hydrogen-bond acceptors (Lipinski definition) is 4. The van der Waals surface area contributed by atoms with Gasteiger partial charge < -0.3 is 15.1 Å². The van der Waals surface area contributed by atoms with E-state index in [1.807, 2.05) is 0 Å². The molecule has 152 valence electrons. The van der Waals surface area contributed by atoms with Crippen molar-refractivity contribution in [3.05, 3.63) is 52.4 Å². The molecule has 4 rings (SSSR count).